The zero-order valence-electron chi connectivity index (χ0n) is 11.9. The van der Waals surface area contributed by atoms with E-state index in [-0.39, 0.29) is 17.3 Å². The first-order valence-electron chi connectivity index (χ1n) is 5.79. The molecular weight excluding hydrogens is 348 g/mol. The Hall–Kier alpha value is -0.830. The number of hydrogen-bond acceptors (Lipinski definition) is 5. The van der Waals surface area contributed by atoms with Crippen LogP contribution in [0.2, 0.25) is 0 Å². The average molecular weight is 367 g/mol. The highest BCUT2D eigenvalue weighted by Crippen LogP contribution is 2.32. The molecule has 0 aliphatic heterocycles. The molecule has 0 atom stereocenters. The van der Waals surface area contributed by atoms with Crippen LogP contribution in [0.25, 0.3) is 0 Å². The fourth-order valence-electron chi connectivity index (χ4n) is 1.73. The van der Waals surface area contributed by atoms with Crippen molar-refractivity contribution in [3.05, 3.63) is 16.6 Å². The van der Waals surface area contributed by atoms with Gasteiger partial charge in [0.25, 0.3) is 0 Å². The Morgan fingerprint density at radius 3 is 2.45 bits per heavy atom. The Labute approximate surface area is 127 Å². The van der Waals surface area contributed by atoms with Crippen LogP contribution in [0.4, 0.5) is 5.69 Å². The van der Waals surface area contributed by atoms with Crippen LogP contribution in [0.3, 0.4) is 0 Å². The Kier molecular flexibility index (Phi) is 5.42. The molecule has 0 spiro atoms. The zero-order chi connectivity index (χ0) is 15.6. The van der Waals surface area contributed by atoms with E-state index in [0.29, 0.717) is 10.2 Å². The van der Waals surface area contributed by atoms with Crippen LogP contribution in [0.15, 0.2) is 21.5 Å². The summed E-state index contributed by atoms with van der Waals surface area (Å²) in [6, 6.07) is 2.88. The van der Waals surface area contributed by atoms with Crippen LogP contribution in [0.5, 0.6) is 5.75 Å². The van der Waals surface area contributed by atoms with Crippen molar-refractivity contribution in [1.82, 2.24) is 4.72 Å². The quantitative estimate of drug-likeness (QED) is 0.748. The molecule has 20 heavy (non-hydrogen) atoms. The summed E-state index contributed by atoms with van der Waals surface area (Å²) in [4.78, 5) is -0.00937. The Bertz CT molecular complexity index is 587. The molecule has 0 heterocycles. The first-order valence-corrected chi connectivity index (χ1v) is 8.06. The number of methoxy groups -OCH3 is 2. The standard InChI is InChI=1S/C12H19BrN2O4S/c1-12(2,7-18-3)15-20(16,17)11-6-9(14)8(13)5-10(11)19-4/h5-6,15H,7,14H2,1-4H3. The number of anilines is 1. The number of ether oxygens (including phenoxy) is 2. The van der Waals surface area contributed by atoms with Gasteiger partial charge < -0.3 is 15.2 Å². The SMILES string of the molecule is COCC(C)(C)NS(=O)(=O)c1cc(N)c(Br)cc1OC. The van der Waals surface area contributed by atoms with Gasteiger partial charge in [-0.3, -0.25) is 0 Å². The summed E-state index contributed by atoms with van der Waals surface area (Å²) < 4.78 is 38.1. The van der Waals surface area contributed by atoms with E-state index in [2.05, 4.69) is 20.7 Å². The Balaban J connectivity index is 3.25. The van der Waals surface area contributed by atoms with Gasteiger partial charge in [0.15, 0.2) is 0 Å². The molecule has 1 aromatic carbocycles. The number of benzene rings is 1. The lowest BCUT2D eigenvalue weighted by molar-refractivity contribution is 0.141. The maximum absolute atomic E-state index is 12.4. The smallest absolute Gasteiger partial charge is 0.244 e. The third-order valence-electron chi connectivity index (χ3n) is 2.49. The van der Waals surface area contributed by atoms with E-state index >= 15 is 0 Å². The Morgan fingerprint density at radius 1 is 1.35 bits per heavy atom. The van der Waals surface area contributed by atoms with Crippen molar-refractivity contribution in [2.45, 2.75) is 24.3 Å². The van der Waals surface area contributed by atoms with E-state index < -0.39 is 15.6 Å². The van der Waals surface area contributed by atoms with Gasteiger partial charge in [0.05, 0.1) is 19.3 Å². The highest BCUT2D eigenvalue weighted by Gasteiger charge is 2.29. The third-order valence-corrected chi connectivity index (χ3v) is 4.89. The summed E-state index contributed by atoms with van der Waals surface area (Å²) in [5, 5.41) is 0. The highest BCUT2D eigenvalue weighted by atomic mass is 79.9. The van der Waals surface area contributed by atoms with E-state index in [1.807, 2.05) is 0 Å². The van der Waals surface area contributed by atoms with Crippen molar-refractivity contribution in [2.24, 2.45) is 0 Å². The highest BCUT2D eigenvalue weighted by molar-refractivity contribution is 9.10. The fraction of sp³-hybridized carbons (Fsp3) is 0.500. The van der Waals surface area contributed by atoms with E-state index in [1.54, 1.807) is 13.8 Å². The maximum atomic E-state index is 12.4. The lowest BCUT2D eigenvalue weighted by Gasteiger charge is -2.25. The topological polar surface area (TPSA) is 90.7 Å². The third kappa shape index (κ3) is 4.08. The van der Waals surface area contributed by atoms with Crippen LogP contribution < -0.4 is 15.2 Å². The minimum Gasteiger partial charge on any atom is -0.495 e. The van der Waals surface area contributed by atoms with Crippen molar-refractivity contribution in [1.29, 1.82) is 0 Å². The van der Waals surface area contributed by atoms with Gasteiger partial charge in [-0.25, -0.2) is 13.1 Å². The van der Waals surface area contributed by atoms with Gasteiger partial charge in [-0.05, 0) is 41.9 Å². The van der Waals surface area contributed by atoms with Crippen molar-refractivity contribution >= 4 is 31.6 Å². The number of nitrogen functional groups attached to an aromatic ring is 1. The fourth-order valence-corrected chi connectivity index (χ4v) is 3.64. The molecule has 1 rings (SSSR count). The second kappa shape index (κ2) is 6.30. The van der Waals surface area contributed by atoms with Crippen molar-refractivity contribution in [2.75, 3.05) is 26.6 Å². The molecule has 0 saturated heterocycles. The number of nitrogens with one attached hydrogen (secondary N) is 1. The van der Waals surface area contributed by atoms with Gasteiger partial charge >= 0.3 is 0 Å². The number of sulfonamides is 1. The predicted octanol–water partition coefficient (Wildman–Crippen LogP) is 1.74. The zero-order valence-corrected chi connectivity index (χ0v) is 14.3. The van der Waals surface area contributed by atoms with Crippen LogP contribution in [-0.2, 0) is 14.8 Å². The second-order valence-electron chi connectivity index (χ2n) is 4.95. The number of rotatable bonds is 6. The lowest BCUT2D eigenvalue weighted by Crippen LogP contribution is -2.46. The van der Waals surface area contributed by atoms with Crippen LogP contribution in [0, 0.1) is 0 Å². The summed E-state index contributed by atoms with van der Waals surface area (Å²) in [5.74, 6) is 0.215. The lowest BCUT2D eigenvalue weighted by atomic mass is 10.1. The molecule has 6 nitrogen and oxygen atoms in total. The molecule has 8 heteroatoms. The molecule has 0 aliphatic rings. The molecular formula is C12H19BrN2O4S. The van der Waals surface area contributed by atoms with E-state index in [1.165, 1.54) is 26.4 Å². The van der Waals surface area contributed by atoms with E-state index in [4.69, 9.17) is 15.2 Å². The van der Waals surface area contributed by atoms with Gasteiger partial charge in [-0.15, -0.1) is 0 Å². The van der Waals surface area contributed by atoms with Crippen LogP contribution in [0.1, 0.15) is 13.8 Å². The number of halogens is 1. The van der Waals surface area contributed by atoms with Crippen LogP contribution >= 0.6 is 15.9 Å². The first kappa shape index (κ1) is 17.2. The number of nitrogens with two attached hydrogens (primary N) is 1. The monoisotopic (exact) mass is 366 g/mol. The molecule has 3 N–H and O–H groups in total. The summed E-state index contributed by atoms with van der Waals surface area (Å²) in [6.45, 7) is 3.69. The second-order valence-corrected chi connectivity index (χ2v) is 7.45. The van der Waals surface area contributed by atoms with Gasteiger partial charge in [-0.2, -0.15) is 0 Å². The van der Waals surface area contributed by atoms with Crippen molar-refractivity contribution in [3.8, 4) is 5.75 Å². The molecule has 0 aliphatic carbocycles. The van der Waals surface area contributed by atoms with Crippen molar-refractivity contribution < 1.29 is 17.9 Å². The maximum Gasteiger partial charge on any atom is 0.244 e. The molecule has 0 unspecified atom stereocenters. The summed E-state index contributed by atoms with van der Waals surface area (Å²) in [7, 11) is -0.870. The molecule has 0 saturated carbocycles. The molecule has 0 fully saturated rings. The molecule has 0 bridgehead atoms. The largest absolute Gasteiger partial charge is 0.495 e. The average Bonchev–Trinajstić information content (AvgIpc) is 2.30. The van der Waals surface area contributed by atoms with Crippen molar-refractivity contribution in [3.63, 3.8) is 0 Å². The molecule has 114 valence electrons. The summed E-state index contributed by atoms with van der Waals surface area (Å²) in [5.41, 5.74) is 5.31. The minimum absolute atomic E-state index is 0.00937. The molecule has 1 aromatic rings. The molecule has 0 aromatic heterocycles. The van der Waals surface area contributed by atoms with Crippen LogP contribution in [-0.4, -0.2) is 34.8 Å². The van der Waals surface area contributed by atoms with Gasteiger partial charge in [-0.1, -0.05) is 0 Å². The van der Waals surface area contributed by atoms with E-state index in [9.17, 15) is 8.42 Å². The molecule has 0 radical (unpaired) electrons. The predicted molar refractivity (Wildman–Crippen MR) is 81.4 cm³/mol. The Morgan fingerprint density at radius 2 is 1.95 bits per heavy atom. The van der Waals surface area contributed by atoms with Gasteiger partial charge in [0.1, 0.15) is 10.6 Å². The summed E-state index contributed by atoms with van der Waals surface area (Å²) >= 11 is 3.23. The van der Waals surface area contributed by atoms with Gasteiger partial charge in [0, 0.05) is 17.3 Å². The number of hydrogen-bond donors (Lipinski definition) is 2. The minimum atomic E-state index is -3.78. The normalized spacial score (nSPS) is 12.4. The van der Waals surface area contributed by atoms with E-state index in [0.717, 1.165) is 0 Å². The molecule has 0 amide bonds. The first-order chi connectivity index (χ1) is 9.13. The summed E-state index contributed by atoms with van der Waals surface area (Å²) in [6.07, 6.45) is 0. The van der Waals surface area contributed by atoms with Gasteiger partial charge in [0.2, 0.25) is 10.0 Å².